The van der Waals surface area contributed by atoms with E-state index in [4.69, 9.17) is 14.2 Å². The zero-order valence-electron chi connectivity index (χ0n) is 14.7. The third kappa shape index (κ3) is 4.05. The summed E-state index contributed by atoms with van der Waals surface area (Å²) in [5.41, 5.74) is 0.656. The SMILES string of the molecule is COc1ccccc1OCC(=O)N[C@H]1CC(C)(C)Oc2ccccc21. The van der Waals surface area contributed by atoms with Crippen molar-refractivity contribution in [2.45, 2.75) is 31.9 Å². The minimum absolute atomic E-state index is 0.0691. The number of nitrogens with one attached hydrogen (secondary N) is 1. The van der Waals surface area contributed by atoms with E-state index in [9.17, 15) is 4.79 Å². The molecule has 0 radical (unpaired) electrons. The quantitative estimate of drug-likeness (QED) is 0.904. The Morgan fingerprint density at radius 1 is 1.16 bits per heavy atom. The fraction of sp³-hybridized carbons (Fsp3) is 0.350. The molecule has 0 bridgehead atoms. The largest absolute Gasteiger partial charge is 0.493 e. The highest BCUT2D eigenvalue weighted by atomic mass is 16.5. The summed E-state index contributed by atoms with van der Waals surface area (Å²) in [6.07, 6.45) is 0.699. The molecule has 0 fully saturated rings. The van der Waals surface area contributed by atoms with Gasteiger partial charge in [0, 0.05) is 12.0 Å². The first kappa shape index (κ1) is 17.1. The first-order chi connectivity index (χ1) is 12.0. The van der Waals surface area contributed by atoms with Crippen molar-refractivity contribution >= 4 is 5.91 Å². The summed E-state index contributed by atoms with van der Waals surface area (Å²) in [5, 5.41) is 3.05. The Bertz CT molecular complexity index is 757. The van der Waals surface area contributed by atoms with E-state index in [0.29, 0.717) is 17.9 Å². The molecule has 0 spiro atoms. The second-order valence-electron chi connectivity index (χ2n) is 6.66. The fourth-order valence-corrected chi connectivity index (χ4v) is 3.05. The van der Waals surface area contributed by atoms with Gasteiger partial charge in [-0.15, -0.1) is 0 Å². The van der Waals surface area contributed by atoms with Crippen molar-refractivity contribution in [3.8, 4) is 17.2 Å². The lowest BCUT2D eigenvalue weighted by molar-refractivity contribution is -0.124. The molecule has 5 nitrogen and oxygen atoms in total. The molecule has 1 heterocycles. The molecule has 0 unspecified atom stereocenters. The van der Waals surface area contributed by atoms with Crippen LogP contribution in [0.25, 0.3) is 0 Å². The van der Waals surface area contributed by atoms with Crippen molar-refractivity contribution in [3.05, 3.63) is 54.1 Å². The molecule has 25 heavy (non-hydrogen) atoms. The number of carbonyl (C=O) groups is 1. The molecule has 1 aliphatic heterocycles. The highest BCUT2D eigenvalue weighted by molar-refractivity contribution is 5.78. The molecule has 1 N–H and O–H groups in total. The number of carbonyl (C=O) groups excluding carboxylic acids is 1. The van der Waals surface area contributed by atoms with Crippen LogP contribution in [0.3, 0.4) is 0 Å². The molecular weight excluding hydrogens is 318 g/mol. The van der Waals surface area contributed by atoms with Gasteiger partial charge in [0.15, 0.2) is 18.1 Å². The summed E-state index contributed by atoms with van der Waals surface area (Å²) >= 11 is 0. The van der Waals surface area contributed by atoms with Crippen molar-refractivity contribution in [2.75, 3.05) is 13.7 Å². The standard InChI is InChI=1S/C20H23NO4/c1-20(2)12-15(14-8-4-5-9-16(14)25-20)21-19(22)13-24-18-11-7-6-10-17(18)23-3/h4-11,15H,12-13H2,1-3H3,(H,21,22)/t15-/m0/s1. The second kappa shape index (κ2) is 7.05. The maximum Gasteiger partial charge on any atom is 0.258 e. The number of ether oxygens (including phenoxy) is 3. The number of methoxy groups -OCH3 is 1. The third-order valence-electron chi connectivity index (χ3n) is 4.14. The van der Waals surface area contributed by atoms with E-state index in [1.165, 1.54) is 0 Å². The number of hydrogen-bond donors (Lipinski definition) is 1. The van der Waals surface area contributed by atoms with Gasteiger partial charge in [0.25, 0.3) is 5.91 Å². The number of fused-ring (bicyclic) bond motifs is 1. The van der Waals surface area contributed by atoms with E-state index in [1.807, 2.05) is 50.2 Å². The van der Waals surface area contributed by atoms with Crippen LogP contribution in [0.1, 0.15) is 31.9 Å². The van der Waals surface area contributed by atoms with E-state index >= 15 is 0 Å². The van der Waals surface area contributed by atoms with Crippen LogP contribution in [0.2, 0.25) is 0 Å². The molecule has 5 heteroatoms. The summed E-state index contributed by atoms with van der Waals surface area (Å²) in [5.74, 6) is 1.79. The van der Waals surface area contributed by atoms with Gasteiger partial charge >= 0.3 is 0 Å². The predicted molar refractivity (Wildman–Crippen MR) is 95.1 cm³/mol. The summed E-state index contributed by atoms with van der Waals surface area (Å²) in [4.78, 5) is 12.4. The number of benzene rings is 2. The van der Waals surface area contributed by atoms with Gasteiger partial charge in [-0.3, -0.25) is 4.79 Å². The monoisotopic (exact) mass is 341 g/mol. The lowest BCUT2D eigenvalue weighted by atomic mass is 9.90. The summed E-state index contributed by atoms with van der Waals surface area (Å²) < 4.78 is 16.8. The van der Waals surface area contributed by atoms with Gasteiger partial charge in [0.1, 0.15) is 11.4 Å². The fourth-order valence-electron chi connectivity index (χ4n) is 3.05. The first-order valence-corrected chi connectivity index (χ1v) is 8.31. The maximum atomic E-state index is 12.4. The van der Waals surface area contributed by atoms with Crippen LogP contribution in [0.4, 0.5) is 0 Å². The molecule has 0 aromatic heterocycles. The van der Waals surface area contributed by atoms with Crippen molar-refractivity contribution in [2.24, 2.45) is 0 Å². The van der Waals surface area contributed by atoms with Gasteiger partial charge in [-0.2, -0.15) is 0 Å². The molecule has 0 saturated heterocycles. The Labute approximate surface area is 147 Å². The number of hydrogen-bond acceptors (Lipinski definition) is 4. The van der Waals surface area contributed by atoms with Crippen LogP contribution >= 0.6 is 0 Å². The Kier molecular flexibility index (Phi) is 4.83. The molecule has 0 aliphatic carbocycles. The third-order valence-corrected chi connectivity index (χ3v) is 4.14. The molecular formula is C20H23NO4. The topological polar surface area (TPSA) is 56.8 Å². The van der Waals surface area contributed by atoms with Gasteiger partial charge in [-0.25, -0.2) is 0 Å². The molecule has 1 aliphatic rings. The van der Waals surface area contributed by atoms with E-state index in [-0.39, 0.29) is 24.2 Å². The highest BCUT2D eigenvalue weighted by Crippen LogP contribution is 2.39. The van der Waals surface area contributed by atoms with Crippen LogP contribution in [-0.2, 0) is 4.79 Å². The van der Waals surface area contributed by atoms with Gasteiger partial charge in [-0.1, -0.05) is 30.3 Å². The predicted octanol–water partition coefficient (Wildman–Crippen LogP) is 3.49. The number of rotatable bonds is 5. The van der Waals surface area contributed by atoms with E-state index in [0.717, 1.165) is 11.3 Å². The first-order valence-electron chi connectivity index (χ1n) is 8.31. The molecule has 132 valence electrons. The highest BCUT2D eigenvalue weighted by Gasteiger charge is 2.34. The van der Waals surface area contributed by atoms with E-state index < -0.39 is 0 Å². The molecule has 3 rings (SSSR count). The summed E-state index contributed by atoms with van der Waals surface area (Å²) in [6, 6.07) is 15.0. The van der Waals surface area contributed by atoms with Crippen LogP contribution < -0.4 is 19.5 Å². The van der Waals surface area contributed by atoms with Gasteiger partial charge in [0.2, 0.25) is 0 Å². The molecule has 2 aromatic rings. The van der Waals surface area contributed by atoms with Crippen molar-refractivity contribution in [1.29, 1.82) is 0 Å². The second-order valence-corrected chi connectivity index (χ2v) is 6.66. The minimum atomic E-state index is -0.337. The Morgan fingerprint density at radius 3 is 2.60 bits per heavy atom. The van der Waals surface area contributed by atoms with E-state index in [2.05, 4.69) is 5.32 Å². The smallest absolute Gasteiger partial charge is 0.258 e. The van der Waals surface area contributed by atoms with Crippen LogP contribution in [0.15, 0.2) is 48.5 Å². The number of para-hydroxylation sites is 3. The van der Waals surface area contributed by atoms with Crippen LogP contribution in [0, 0.1) is 0 Å². The molecule has 2 aromatic carbocycles. The maximum absolute atomic E-state index is 12.4. The Balaban J connectivity index is 1.67. The zero-order valence-corrected chi connectivity index (χ0v) is 14.7. The lowest BCUT2D eigenvalue weighted by Crippen LogP contribution is -2.42. The van der Waals surface area contributed by atoms with Crippen molar-refractivity contribution < 1.29 is 19.0 Å². The molecule has 1 amide bonds. The Morgan fingerprint density at radius 2 is 1.84 bits per heavy atom. The van der Waals surface area contributed by atoms with Crippen LogP contribution in [0.5, 0.6) is 17.2 Å². The molecule has 0 saturated carbocycles. The van der Waals surface area contributed by atoms with E-state index in [1.54, 1.807) is 19.2 Å². The van der Waals surface area contributed by atoms with Crippen molar-refractivity contribution in [1.82, 2.24) is 5.32 Å². The van der Waals surface area contributed by atoms with Gasteiger partial charge in [0.05, 0.1) is 13.2 Å². The van der Waals surface area contributed by atoms with Crippen molar-refractivity contribution in [3.63, 3.8) is 0 Å². The normalized spacial score (nSPS) is 17.8. The lowest BCUT2D eigenvalue weighted by Gasteiger charge is -2.37. The minimum Gasteiger partial charge on any atom is -0.493 e. The zero-order chi connectivity index (χ0) is 17.9. The Hall–Kier alpha value is -2.69. The van der Waals surface area contributed by atoms with Gasteiger partial charge < -0.3 is 19.5 Å². The average molecular weight is 341 g/mol. The molecule has 1 atom stereocenters. The number of amides is 1. The summed E-state index contributed by atoms with van der Waals surface area (Å²) in [7, 11) is 1.57. The van der Waals surface area contributed by atoms with Crippen LogP contribution in [-0.4, -0.2) is 25.2 Å². The van der Waals surface area contributed by atoms with Gasteiger partial charge in [-0.05, 0) is 32.0 Å². The average Bonchev–Trinajstić information content (AvgIpc) is 2.59. The summed E-state index contributed by atoms with van der Waals surface area (Å²) in [6.45, 7) is 3.97.